The van der Waals surface area contributed by atoms with E-state index in [1.165, 1.54) is 0 Å². The summed E-state index contributed by atoms with van der Waals surface area (Å²) in [5, 5.41) is 3.20. The Morgan fingerprint density at radius 1 is 1.43 bits per heavy atom. The number of rotatable bonds is 5. The van der Waals surface area contributed by atoms with Gasteiger partial charge in [-0.25, -0.2) is 4.98 Å². The molecule has 1 N–H and O–H groups in total. The number of anilines is 1. The molecule has 5 heteroatoms. The van der Waals surface area contributed by atoms with E-state index < -0.39 is 0 Å². The Bertz CT molecular complexity index is 624. The molecule has 0 amide bonds. The third-order valence-corrected chi connectivity index (χ3v) is 3.35. The molecule has 2 rings (SSSR count). The van der Waals surface area contributed by atoms with E-state index in [1.807, 2.05) is 39.8 Å². The minimum Gasteiger partial charge on any atom is -0.469 e. The molecule has 0 saturated carbocycles. The summed E-state index contributed by atoms with van der Waals surface area (Å²) in [5.41, 5.74) is -0.344. The van der Waals surface area contributed by atoms with E-state index in [0.29, 0.717) is 5.82 Å². The number of furan rings is 1. The van der Waals surface area contributed by atoms with E-state index in [4.69, 9.17) is 4.42 Å². The summed E-state index contributed by atoms with van der Waals surface area (Å²) >= 11 is 0. The van der Waals surface area contributed by atoms with E-state index in [1.54, 1.807) is 23.2 Å². The summed E-state index contributed by atoms with van der Waals surface area (Å²) in [6.45, 7) is 8.04. The van der Waals surface area contributed by atoms with Crippen molar-refractivity contribution in [2.75, 3.05) is 5.32 Å². The summed E-state index contributed by atoms with van der Waals surface area (Å²) in [6.07, 6.45) is 6.77. The van der Waals surface area contributed by atoms with Gasteiger partial charge in [-0.2, -0.15) is 0 Å². The fraction of sp³-hybridized carbons (Fsp3) is 0.500. The topological polar surface area (TPSA) is 60.1 Å². The predicted octanol–water partition coefficient (Wildman–Crippen LogP) is 3.02. The van der Waals surface area contributed by atoms with Crippen LogP contribution in [0.2, 0.25) is 0 Å². The van der Waals surface area contributed by atoms with Crippen molar-refractivity contribution in [2.24, 2.45) is 0 Å². The zero-order valence-electron chi connectivity index (χ0n) is 13.1. The van der Waals surface area contributed by atoms with Gasteiger partial charge in [-0.1, -0.05) is 0 Å². The minimum absolute atomic E-state index is 0.0881. The third-order valence-electron chi connectivity index (χ3n) is 3.35. The normalized spacial score (nSPS) is 13.1. The highest BCUT2D eigenvalue weighted by Crippen LogP contribution is 2.12. The van der Waals surface area contributed by atoms with Gasteiger partial charge in [-0.15, -0.1) is 0 Å². The molecule has 0 bridgehead atoms. The Labute approximate surface area is 125 Å². The molecule has 0 fully saturated rings. The highest BCUT2D eigenvalue weighted by molar-refractivity contribution is 5.32. The first-order valence-electron chi connectivity index (χ1n) is 7.25. The minimum atomic E-state index is -0.256. The zero-order chi connectivity index (χ0) is 15.5. The Hall–Kier alpha value is -2.04. The monoisotopic (exact) mass is 289 g/mol. The fourth-order valence-electron chi connectivity index (χ4n) is 2.16. The van der Waals surface area contributed by atoms with Crippen molar-refractivity contribution in [3.63, 3.8) is 0 Å². The second-order valence-electron chi connectivity index (χ2n) is 6.29. The van der Waals surface area contributed by atoms with E-state index in [-0.39, 0.29) is 17.1 Å². The van der Waals surface area contributed by atoms with Gasteiger partial charge in [-0.3, -0.25) is 4.79 Å². The predicted molar refractivity (Wildman–Crippen MR) is 83.6 cm³/mol. The lowest BCUT2D eigenvalue weighted by Crippen LogP contribution is -2.36. The molecule has 0 radical (unpaired) electrons. The number of hydrogen-bond acceptors (Lipinski definition) is 4. The number of aromatic nitrogens is 2. The van der Waals surface area contributed by atoms with Crippen LogP contribution in [-0.4, -0.2) is 15.6 Å². The number of aryl methyl sites for hydroxylation is 1. The van der Waals surface area contributed by atoms with Crippen LogP contribution >= 0.6 is 0 Å². The van der Waals surface area contributed by atoms with Gasteiger partial charge in [-0.05, 0) is 46.2 Å². The molecule has 2 aromatic rings. The standard InChI is InChI=1S/C16H23N3O2/c1-12(7-8-13-6-5-11-21-13)18-14-15(20)19(10-9-17-14)16(2,3)4/h5-6,9-12H,7-8H2,1-4H3,(H,17,18). The van der Waals surface area contributed by atoms with Crippen molar-refractivity contribution in [3.8, 4) is 0 Å². The Morgan fingerprint density at radius 3 is 2.81 bits per heavy atom. The molecule has 0 spiro atoms. The first-order chi connectivity index (χ1) is 9.88. The maximum Gasteiger partial charge on any atom is 0.293 e. The Morgan fingerprint density at radius 2 is 2.19 bits per heavy atom. The first-order valence-corrected chi connectivity index (χ1v) is 7.25. The zero-order valence-corrected chi connectivity index (χ0v) is 13.1. The molecule has 2 aromatic heterocycles. The first kappa shape index (κ1) is 15.4. The van der Waals surface area contributed by atoms with Crippen LogP contribution in [0.1, 0.15) is 39.9 Å². The molecule has 0 aromatic carbocycles. The van der Waals surface area contributed by atoms with Crippen LogP contribution in [-0.2, 0) is 12.0 Å². The molecule has 0 aliphatic rings. The summed E-state index contributed by atoms with van der Waals surface area (Å²) < 4.78 is 7.01. The lowest BCUT2D eigenvalue weighted by molar-refractivity contribution is 0.383. The van der Waals surface area contributed by atoms with E-state index in [2.05, 4.69) is 10.3 Å². The molecule has 1 atom stereocenters. The van der Waals surface area contributed by atoms with Crippen molar-refractivity contribution >= 4 is 5.82 Å². The highest BCUT2D eigenvalue weighted by atomic mass is 16.3. The van der Waals surface area contributed by atoms with Crippen LogP contribution in [0.4, 0.5) is 5.82 Å². The Balaban J connectivity index is 2.04. The van der Waals surface area contributed by atoms with Gasteiger partial charge in [0.05, 0.1) is 6.26 Å². The van der Waals surface area contributed by atoms with E-state index in [9.17, 15) is 4.79 Å². The molecule has 2 heterocycles. The van der Waals surface area contributed by atoms with Gasteiger partial charge in [0.1, 0.15) is 5.76 Å². The molecule has 0 aliphatic carbocycles. The van der Waals surface area contributed by atoms with Crippen LogP contribution in [0.15, 0.2) is 40.0 Å². The van der Waals surface area contributed by atoms with Crippen LogP contribution in [0.5, 0.6) is 0 Å². The van der Waals surface area contributed by atoms with Crippen molar-refractivity contribution < 1.29 is 4.42 Å². The number of nitrogens with one attached hydrogen (secondary N) is 1. The molecule has 1 unspecified atom stereocenters. The van der Waals surface area contributed by atoms with Gasteiger partial charge < -0.3 is 14.3 Å². The van der Waals surface area contributed by atoms with Gasteiger partial charge in [0, 0.05) is 30.4 Å². The Kier molecular flexibility index (Phi) is 4.50. The maximum absolute atomic E-state index is 12.4. The maximum atomic E-state index is 12.4. The summed E-state index contributed by atoms with van der Waals surface area (Å²) in [7, 11) is 0. The summed E-state index contributed by atoms with van der Waals surface area (Å²) in [4.78, 5) is 16.6. The average molecular weight is 289 g/mol. The van der Waals surface area contributed by atoms with Gasteiger partial charge in [0.25, 0.3) is 5.56 Å². The SMILES string of the molecule is CC(CCc1ccco1)Nc1nccn(C(C)(C)C)c1=O. The molecular weight excluding hydrogens is 266 g/mol. The van der Waals surface area contributed by atoms with Gasteiger partial charge in [0.15, 0.2) is 5.82 Å². The van der Waals surface area contributed by atoms with Crippen LogP contribution in [0, 0.1) is 0 Å². The second-order valence-corrected chi connectivity index (χ2v) is 6.29. The molecule has 114 valence electrons. The third kappa shape index (κ3) is 3.97. The molecule has 5 nitrogen and oxygen atoms in total. The van der Waals surface area contributed by atoms with E-state index in [0.717, 1.165) is 18.6 Å². The number of nitrogens with zero attached hydrogens (tertiary/aromatic N) is 2. The molecular formula is C16H23N3O2. The fourth-order valence-corrected chi connectivity index (χ4v) is 2.16. The molecule has 21 heavy (non-hydrogen) atoms. The van der Waals surface area contributed by atoms with Crippen LogP contribution in [0.25, 0.3) is 0 Å². The lowest BCUT2D eigenvalue weighted by atomic mass is 10.1. The van der Waals surface area contributed by atoms with Crippen molar-refractivity contribution in [1.82, 2.24) is 9.55 Å². The quantitative estimate of drug-likeness (QED) is 0.919. The van der Waals surface area contributed by atoms with Gasteiger partial charge >= 0.3 is 0 Å². The van der Waals surface area contributed by atoms with Crippen molar-refractivity contribution in [1.29, 1.82) is 0 Å². The smallest absolute Gasteiger partial charge is 0.293 e. The van der Waals surface area contributed by atoms with E-state index >= 15 is 0 Å². The van der Waals surface area contributed by atoms with Crippen molar-refractivity contribution in [2.45, 2.75) is 52.1 Å². The summed E-state index contributed by atoms with van der Waals surface area (Å²) in [6, 6.07) is 3.99. The molecule has 0 aliphatic heterocycles. The highest BCUT2D eigenvalue weighted by Gasteiger charge is 2.17. The molecule has 0 saturated heterocycles. The van der Waals surface area contributed by atoms with Crippen LogP contribution in [0.3, 0.4) is 0 Å². The lowest BCUT2D eigenvalue weighted by Gasteiger charge is -2.23. The van der Waals surface area contributed by atoms with Crippen LogP contribution < -0.4 is 10.9 Å². The van der Waals surface area contributed by atoms with Gasteiger partial charge in [0.2, 0.25) is 0 Å². The largest absolute Gasteiger partial charge is 0.469 e. The number of hydrogen-bond donors (Lipinski definition) is 1. The summed E-state index contributed by atoms with van der Waals surface area (Å²) in [5.74, 6) is 1.36. The average Bonchev–Trinajstić information content (AvgIpc) is 2.90. The second kappa shape index (κ2) is 6.16. The van der Waals surface area contributed by atoms with Crippen molar-refractivity contribution in [3.05, 3.63) is 46.9 Å².